The zero-order valence-corrected chi connectivity index (χ0v) is 12.3. The van der Waals surface area contributed by atoms with Crippen molar-refractivity contribution in [2.45, 2.75) is 52.6 Å². The highest BCUT2D eigenvalue weighted by atomic mass is 16.5. The highest BCUT2D eigenvalue weighted by Crippen LogP contribution is 2.19. The number of rotatable bonds is 8. The summed E-state index contributed by atoms with van der Waals surface area (Å²) in [7, 11) is 0. The van der Waals surface area contributed by atoms with Gasteiger partial charge < -0.3 is 4.74 Å². The van der Waals surface area contributed by atoms with Crippen LogP contribution in [0.15, 0.2) is 0 Å². The van der Waals surface area contributed by atoms with E-state index in [-0.39, 0.29) is 5.60 Å². The summed E-state index contributed by atoms with van der Waals surface area (Å²) >= 11 is 0. The van der Waals surface area contributed by atoms with Gasteiger partial charge in [-0.2, -0.15) is 5.26 Å². The lowest BCUT2D eigenvalue weighted by Crippen LogP contribution is -2.30. The van der Waals surface area contributed by atoms with Gasteiger partial charge in [0.25, 0.3) is 0 Å². The predicted molar refractivity (Wildman–Crippen MR) is 75.1 cm³/mol. The second-order valence-electron chi connectivity index (χ2n) is 4.22. The van der Waals surface area contributed by atoms with Gasteiger partial charge >= 0.3 is 0 Å². The minimum absolute atomic E-state index is 0.371. The van der Waals surface area contributed by atoms with E-state index in [1.54, 1.807) is 0 Å². The molecule has 0 rings (SSSR count). The molecule has 3 nitrogen and oxygen atoms in total. The van der Waals surface area contributed by atoms with Gasteiger partial charge in [-0.3, -0.25) is 4.90 Å². The maximum absolute atomic E-state index is 8.55. The van der Waals surface area contributed by atoms with E-state index in [2.05, 4.69) is 50.5 Å². The van der Waals surface area contributed by atoms with Crippen LogP contribution in [0.25, 0.3) is 0 Å². The van der Waals surface area contributed by atoms with Crippen LogP contribution in [0.4, 0.5) is 0 Å². The molecule has 0 aliphatic carbocycles. The third kappa shape index (κ3) is 6.05. The SMILES string of the molecule is CCN(CC)CC#CC(CC)(CC)OCCC#N. The fourth-order valence-electron chi connectivity index (χ4n) is 1.72. The molecule has 0 N–H and O–H groups in total. The van der Waals surface area contributed by atoms with Gasteiger partial charge in [-0.05, 0) is 25.9 Å². The van der Waals surface area contributed by atoms with Gasteiger partial charge in [-0.1, -0.05) is 39.5 Å². The highest BCUT2D eigenvalue weighted by molar-refractivity contribution is 5.15. The molecule has 0 aromatic heterocycles. The summed E-state index contributed by atoms with van der Waals surface area (Å²) in [5.74, 6) is 6.49. The lowest BCUT2D eigenvalue weighted by molar-refractivity contribution is -0.00332. The Morgan fingerprint density at radius 2 is 1.72 bits per heavy atom. The Hall–Kier alpha value is -1.03. The summed E-state index contributed by atoms with van der Waals surface area (Å²) in [5.41, 5.74) is -0.371. The van der Waals surface area contributed by atoms with Crippen molar-refractivity contribution in [3.8, 4) is 17.9 Å². The maximum Gasteiger partial charge on any atom is 0.128 e. The molecule has 0 aliphatic heterocycles. The van der Waals surface area contributed by atoms with Crippen molar-refractivity contribution in [3.63, 3.8) is 0 Å². The van der Waals surface area contributed by atoms with Crippen molar-refractivity contribution < 1.29 is 4.74 Å². The monoisotopic (exact) mass is 250 g/mol. The molecule has 0 heterocycles. The van der Waals surface area contributed by atoms with E-state index >= 15 is 0 Å². The van der Waals surface area contributed by atoms with Crippen LogP contribution in [0, 0.1) is 23.2 Å². The molecule has 3 heteroatoms. The van der Waals surface area contributed by atoms with E-state index in [4.69, 9.17) is 10.00 Å². The average Bonchev–Trinajstić information content (AvgIpc) is 2.42. The molecule has 0 saturated carbocycles. The molecule has 0 bridgehead atoms. The zero-order valence-electron chi connectivity index (χ0n) is 12.3. The van der Waals surface area contributed by atoms with Gasteiger partial charge in [-0.15, -0.1) is 0 Å². The van der Waals surface area contributed by atoms with Gasteiger partial charge in [0.2, 0.25) is 0 Å². The highest BCUT2D eigenvalue weighted by Gasteiger charge is 2.23. The van der Waals surface area contributed by atoms with Crippen molar-refractivity contribution in [1.82, 2.24) is 4.90 Å². The van der Waals surface area contributed by atoms with Gasteiger partial charge in [0.05, 0.1) is 25.6 Å². The molecule has 0 amide bonds. The molecule has 0 unspecified atom stereocenters. The number of nitriles is 1. The second kappa shape index (κ2) is 9.95. The summed E-state index contributed by atoms with van der Waals surface area (Å²) < 4.78 is 5.80. The smallest absolute Gasteiger partial charge is 0.128 e. The van der Waals surface area contributed by atoms with E-state index in [0.717, 1.165) is 32.5 Å². The topological polar surface area (TPSA) is 36.3 Å². The summed E-state index contributed by atoms with van der Waals surface area (Å²) in [5, 5.41) is 8.55. The largest absolute Gasteiger partial charge is 0.361 e. The Kier molecular flexibility index (Phi) is 9.38. The van der Waals surface area contributed by atoms with Crippen molar-refractivity contribution in [1.29, 1.82) is 5.26 Å². The number of hydrogen-bond acceptors (Lipinski definition) is 3. The first-order valence-corrected chi connectivity index (χ1v) is 6.91. The fourth-order valence-corrected chi connectivity index (χ4v) is 1.72. The van der Waals surface area contributed by atoms with Crippen LogP contribution in [-0.2, 0) is 4.74 Å². The van der Waals surface area contributed by atoms with Gasteiger partial charge in [-0.25, -0.2) is 0 Å². The van der Waals surface area contributed by atoms with Crippen LogP contribution in [0.2, 0.25) is 0 Å². The molecule has 0 radical (unpaired) electrons. The number of nitrogens with zero attached hydrogens (tertiary/aromatic N) is 2. The standard InChI is InChI=1S/C15H26N2O/c1-5-15(6-2,18-14-10-12-16)11-9-13-17(7-3)8-4/h5-8,10,13-14H2,1-4H3. The summed E-state index contributed by atoms with van der Waals surface area (Å²) in [4.78, 5) is 2.28. The van der Waals surface area contributed by atoms with E-state index in [0.29, 0.717) is 13.0 Å². The zero-order chi connectivity index (χ0) is 13.9. The molecule has 0 fully saturated rings. The Labute approximate surface area is 112 Å². The molecule has 102 valence electrons. The molecular formula is C15H26N2O. The van der Waals surface area contributed by atoms with Gasteiger partial charge in [0, 0.05) is 0 Å². The molecule has 0 aliphatic rings. The van der Waals surface area contributed by atoms with Crippen molar-refractivity contribution in [3.05, 3.63) is 0 Å². The first-order valence-electron chi connectivity index (χ1n) is 6.91. The molecule has 0 saturated heterocycles. The Bertz CT molecular complexity index is 301. The average molecular weight is 250 g/mol. The number of ether oxygens (including phenoxy) is 1. The predicted octanol–water partition coefficient (Wildman–Crippen LogP) is 2.82. The lowest BCUT2D eigenvalue weighted by Gasteiger charge is -2.26. The molecule has 18 heavy (non-hydrogen) atoms. The maximum atomic E-state index is 8.55. The van der Waals surface area contributed by atoms with Gasteiger partial charge in [0.1, 0.15) is 5.60 Å². The first-order chi connectivity index (χ1) is 8.67. The van der Waals surface area contributed by atoms with Crippen LogP contribution < -0.4 is 0 Å². The van der Waals surface area contributed by atoms with Crippen LogP contribution in [0.1, 0.15) is 47.0 Å². The third-order valence-corrected chi connectivity index (χ3v) is 3.25. The van der Waals surface area contributed by atoms with Crippen molar-refractivity contribution in [2.24, 2.45) is 0 Å². The molecular weight excluding hydrogens is 224 g/mol. The summed E-state index contributed by atoms with van der Waals surface area (Å²) in [6.45, 7) is 11.7. The quantitative estimate of drug-likeness (QED) is 0.491. The van der Waals surface area contributed by atoms with E-state index < -0.39 is 0 Å². The Morgan fingerprint density at radius 1 is 1.11 bits per heavy atom. The molecule has 0 atom stereocenters. The Morgan fingerprint density at radius 3 is 2.17 bits per heavy atom. The normalized spacial score (nSPS) is 10.9. The summed E-state index contributed by atoms with van der Waals surface area (Å²) in [6.07, 6.45) is 2.15. The van der Waals surface area contributed by atoms with Crippen molar-refractivity contribution in [2.75, 3.05) is 26.2 Å². The Balaban J connectivity index is 4.50. The van der Waals surface area contributed by atoms with E-state index in [9.17, 15) is 0 Å². The van der Waals surface area contributed by atoms with Crippen LogP contribution in [-0.4, -0.2) is 36.7 Å². The fraction of sp³-hybridized carbons (Fsp3) is 0.800. The van der Waals surface area contributed by atoms with Gasteiger partial charge in [0.15, 0.2) is 0 Å². The van der Waals surface area contributed by atoms with Crippen LogP contribution >= 0.6 is 0 Å². The summed E-state index contributed by atoms with van der Waals surface area (Å²) in [6, 6.07) is 2.10. The van der Waals surface area contributed by atoms with E-state index in [1.807, 2.05) is 0 Å². The van der Waals surface area contributed by atoms with E-state index in [1.165, 1.54) is 0 Å². The molecule has 0 aromatic rings. The first kappa shape index (κ1) is 17.0. The minimum atomic E-state index is -0.371. The minimum Gasteiger partial charge on any atom is -0.361 e. The second-order valence-corrected chi connectivity index (χ2v) is 4.22. The van der Waals surface area contributed by atoms with Crippen LogP contribution in [0.5, 0.6) is 0 Å². The van der Waals surface area contributed by atoms with Crippen LogP contribution in [0.3, 0.4) is 0 Å². The molecule has 0 spiro atoms. The lowest BCUT2D eigenvalue weighted by atomic mass is 9.98. The van der Waals surface area contributed by atoms with Crippen molar-refractivity contribution >= 4 is 0 Å². The third-order valence-electron chi connectivity index (χ3n) is 3.25. The molecule has 0 aromatic carbocycles. The number of hydrogen-bond donors (Lipinski definition) is 0.